The number of hydrogen-bond acceptors (Lipinski definition) is 4. The van der Waals surface area contributed by atoms with Crippen molar-refractivity contribution < 1.29 is 0 Å². The average Bonchev–Trinajstić information content (AvgIpc) is 2.80. The maximum absolute atomic E-state index is 6.04. The Morgan fingerprint density at radius 2 is 2.11 bits per heavy atom. The quantitative estimate of drug-likeness (QED) is 0.874. The summed E-state index contributed by atoms with van der Waals surface area (Å²) in [6.45, 7) is 7.25. The van der Waals surface area contributed by atoms with Gasteiger partial charge >= 0.3 is 0 Å². The molecule has 6 heteroatoms. The molecule has 0 atom stereocenters. The Labute approximate surface area is 117 Å². The summed E-state index contributed by atoms with van der Waals surface area (Å²) in [6, 6.07) is 5.48. The Morgan fingerprint density at radius 1 is 1.37 bits per heavy atom. The number of halogens is 1. The van der Waals surface area contributed by atoms with E-state index >= 15 is 0 Å². The lowest BCUT2D eigenvalue weighted by Crippen LogP contribution is -2.20. The van der Waals surface area contributed by atoms with Crippen LogP contribution >= 0.6 is 11.6 Å². The van der Waals surface area contributed by atoms with Crippen molar-refractivity contribution in [3.05, 3.63) is 23.2 Å². The molecule has 0 aliphatic carbocycles. The third-order valence-electron chi connectivity index (χ3n) is 3.36. The maximum Gasteiger partial charge on any atom is 0.184 e. The third-order valence-corrected chi connectivity index (χ3v) is 3.69. The van der Waals surface area contributed by atoms with Gasteiger partial charge in [-0.3, -0.25) is 0 Å². The van der Waals surface area contributed by atoms with Gasteiger partial charge in [-0.2, -0.15) is 0 Å². The fourth-order valence-electron chi connectivity index (χ4n) is 1.75. The second-order valence-corrected chi connectivity index (χ2v) is 5.79. The van der Waals surface area contributed by atoms with Crippen LogP contribution < -0.4 is 5.73 Å². The van der Waals surface area contributed by atoms with Crippen molar-refractivity contribution in [2.75, 3.05) is 5.73 Å². The molecule has 0 saturated carbocycles. The molecule has 0 saturated heterocycles. The number of nitrogens with zero attached hydrogens (tertiary/aromatic N) is 4. The van der Waals surface area contributed by atoms with Gasteiger partial charge in [0.1, 0.15) is 0 Å². The Hall–Kier alpha value is -1.62. The molecule has 0 spiro atoms. The van der Waals surface area contributed by atoms with Gasteiger partial charge in [0.15, 0.2) is 5.82 Å². The highest BCUT2D eigenvalue weighted by Gasteiger charge is 2.21. The summed E-state index contributed by atoms with van der Waals surface area (Å²) in [5, 5.41) is 12.4. The average molecular weight is 280 g/mol. The Balaban J connectivity index is 2.42. The van der Waals surface area contributed by atoms with Crippen molar-refractivity contribution in [3.63, 3.8) is 0 Å². The predicted molar refractivity (Wildman–Crippen MR) is 76.7 cm³/mol. The van der Waals surface area contributed by atoms with Crippen LogP contribution in [0.5, 0.6) is 0 Å². The lowest BCUT2D eigenvalue weighted by molar-refractivity contribution is 0.279. The number of nitrogen functional groups attached to an aromatic ring is 1. The zero-order valence-electron chi connectivity index (χ0n) is 11.4. The molecule has 2 aromatic rings. The summed E-state index contributed by atoms with van der Waals surface area (Å²) in [6.07, 6.45) is 1.04. The van der Waals surface area contributed by atoms with Crippen LogP contribution in [-0.2, 0) is 6.54 Å². The van der Waals surface area contributed by atoms with E-state index in [4.69, 9.17) is 17.3 Å². The minimum absolute atomic E-state index is 0.122. The SMILES string of the molecule is CCC(C)(C)Cn1nnnc1-c1cccc(Cl)c1N. The van der Waals surface area contributed by atoms with Crippen LogP contribution in [0.25, 0.3) is 11.4 Å². The van der Waals surface area contributed by atoms with Crippen LogP contribution in [0.3, 0.4) is 0 Å². The predicted octanol–water partition coefficient (Wildman–Crippen LogP) is 3.01. The fourth-order valence-corrected chi connectivity index (χ4v) is 1.93. The molecular formula is C13H18ClN5. The lowest BCUT2D eigenvalue weighted by Gasteiger charge is -2.22. The Morgan fingerprint density at radius 3 is 2.79 bits per heavy atom. The molecule has 0 unspecified atom stereocenters. The van der Waals surface area contributed by atoms with Crippen molar-refractivity contribution in [1.29, 1.82) is 0 Å². The lowest BCUT2D eigenvalue weighted by atomic mass is 9.90. The third kappa shape index (κ3) is 2.87. The van der Waals surface area contributed by atoms with Crippen molar-refractivity contribution in [1.82, 2.24) is 20.2 Å². The molecule has 5 nitrogen and oxygen atoms in total. The van der Waals surface area contributed by atoms with Crippen molar-refractivity contribution in [3.8, 4) is 11.4 Å². The number of aromatic nitrogens is 4. The molecule has 2 N–H and O–H groups in total. The summed E-state index contributed by atoms with van der Waals surface area (Å²) in [4.78, 5) is 0. The summed E-state index contributed by atoms with van der Waals surface area (Å²) < 4.78 is 1.78. The van der Waals surface area contributed by atoms with Crippen LogP contribution in [0.1, 0.15) is 27.2 Å². The summed E-state index contributed by atoms with van der Waals surface area (Å²) in [7, 11) is 0. The van der Waals surface area contributed by atoms with Crippen molar-refractivity contribution in [2.24, 2.45) is 5.41 Å². The van der Waals surface area contributed by atoms with Gasteiger partial charge in [0.2, 0.25) is 0 Å². The minimum atomic E-state index is 0.122. The van der Waals surface area contributed by atoms with Gasteiger partial charge in [-0.25, -0.2) is 4.68 Å². The first-order valence-corrected chi connectivity index (χ1v) is 6.63. The second-order valence-electron chi connectivity index (χ2n) is 5.38. The van der Waals surface area contributed by atoms with E-state index in [1.165, 1.54) is 0 Å². The van der Waals surface area contributed by atoms with Crippen LogP contribution in [0, 0.1) is 5.41 Å². The molecular weight excluding hydrogens is 262 g/mol. The fraction of sp³-hybridized carbons (Fsp3) is 0.462. The monoisotopic (exact) mass is 279 g/mol. The van der Waals surface area contributed by atoms with E-state index in [2.05, 4.69) is 36.3 Å². The van der Waals surface area contributed by atoms with E-state index in [0.717, 1.165) is 18.5 Å². The van der Waals surface area contributed by atoms with Gasteiger partial charge < -0.3 is 5.73 Å². The number of benzene rings is 1. The number of hydrogen-bond donors (Lipinski definition) is 1. The number of nitrogens with two attached hydrogens (primary N) is 1. The first-order valence-electron chi connectivity index (χ1n) is 6.25. The summed E-state index contributed by atoms with van der Waals surface area (Å²) >= 11 is 6.04. The highest BCUT2D eigenvalue weighted by Crippen LogP contribution is 2.31. The molecule has 0 aliphatic heterocycles. The first kappa shape index (κ1) is 13.8. The van der Waals surface area contributed by atoms with Gasteiger partial charge in [0.25, 0.3) is 0 Å². The van der Waals surface area contributed by atoms with E-state index in [9.17, 15) is 0 Å². The van der Waals surface area contributed by atoms with Gasteiger partial charge in [-0.05, 0) is 34.4 Å². The van der Waals surface area contributed by atoms with Gasteiger partial charge in [-0.15, -0.1) is 5.10 Å². The van der Waals surface area contributed by atoms with E-state index < -0.39 is 0 Å². The highest BCUT2D eigenvalue weighted by molar-refractivity contribution is 6.33. The minimum Gasteiger partial charge on any atom is -0.397 e. The van der Waals surface area contributed by atoms with Gasteiger partial charge in [0, 0.05) is 5.56 Å². The molecule has 1 aromatic carbocycles. The van der Waals surface area contributed by atoms with E-state index in [1.807, 2.05) is 12.1 Å². The smallest absolute Gasteiger partial charge is 0.184 e. The molecule has 102 valence electrons. The Bertz CT molecular complexity index is 576. The van der Waals surface area contributed by atoms with Crippen LogP contribution in [0.15, 0.2) is 18.2 Å². The summed E-state index contributed by atoms with van der Waals surface area (Å²) in [5.41, 5.74) is 7.40. The van der Waals surface area contributed by atoms with Gasteiger partial charge in [0.05, 0.1) is 17.3 Å². The standard InChI is InChI=1S/C13H18ClN5/c1-4-13(2,3)8-19-12(16-17-18-19)9-6-5-7-10(14)11(9)15/h5-7H,4,8,15H2,1-3H3. The first-order chi connectivity index (χ1) is 8.94. The molecule has 1 aromatic heterocycles. The van der Waals surface area contributed by atoms with Crippen LogP contribution in [0.2, 0.25) is 5.02 Å². The second kappa shape index (κ2) is 5.17. The van der Waals surface area contributed by atoms with Gasteiger partial charge in [-0.1, -0.05) is 38.4 Å². The normalized spacial score (nSPS) is 11.8. The molecule has 0 aliphatic rings. The number of rotatable bonds is 4. The zero-order valence-corrected chi connectivity index (χ0v) is 12.1. The molecule has 0 amide bonds. The van der Waals surface area contributed by atoms with Crippen LogP contribution in [0.4, 0.5) is 5.69 Å². The molecule has 0 fully saturated rings. The molecule has 2 rings (SSSR count). The highest BCUT2D eigenvalue weighted by atomic mass is 35.5. The Kier molecular flexibility index (Phi) is 3.75. The molecule has 0 bridgehead atoms. The number of tetrazole rings is 1. The number of anilines is 1. The van der Waals surface area contributed by atoms with Crippen molar-refractivity contribution >= 4 is 17.3 Å². The summed E-state index contributed by atoms with van der Waals surface area (Å²) in [5.74, 6) is 0.654. The zero-order chi connectivity index (χ0) is 14.0. The van der Waals surface area contributed by atoms with E-state index in [0.29, 0.717) is 16.5 Å². The van der Waals surface area contributed by atoms with E-state index in [1.54, 1.807) is 10.7 Å². The molecule has 0 radical (unpaired) electrons. The topological polar surface area (TPSA) is 69.6 Å². The van der Waals surface area contributed by atoms with E-state index in [-0.39, 0.29) is 5.41 Å². The molecule has 19 heavy (non-hydrogen) atoms. The number of para-hydroxylation sites is 1. The van der Waals surface area contributed by atoms with Crippen LogP contribution in [-0.4, -0.2) is 20.2 Å². The molecule has 1 heterocycles. The maximum atomic E-state index is 6.04. The van der Waals surface area contributed by atoms with Crippen molar-refractivity contribution in [2.45, 2.75) is 33.7 Å². The largest absolute Gasteiger partial charge is 0.397 e.